The lowest BCUT2D eigenvalue weighted by Crippen LogP contribution is -2.35. The van der Waals surface area contributed by atoms with E-state index in [1.165, 1.54) is 42.6 Å². The summed E-state index contributed by atoms with van der Waals surface area (Å²) in [6.07, 6.45) is 2.21. The third-order valence-electron chi connectivity index (χ3n) is 6.87. The number of carbonyl (C=O) groups excluding carboxylic acids is 2. The monoisotopic (exact) mass is 561 g/mol. The number of anilines is 2. The highest BCUT2D eigenvalue weighted by Crippen LogP contribution is 2.49. The number of nitrogens with one attached hydrogen (secondary N) is 2. The topological polar surface area (TPSA) is 108 Å². The summed E-state index contributed by atoms with van der Waals surface area (Å²) >= 11 is 0. The summed E-state index contributed by atoms with van der Waals surface area (Å²) in [4.78, 5) is 30.2. The van der Waals surface area contributed by atoms with Crippen molar-refractivity contribution >= 4 is 34.1 Å². The maximum Gasteiger partial charge on any atom is 0.240 e. The van der Waals surface area contributed by atoms with Crippen LogP contribution in [0.1, 0.15) is 19.8 Å². The Labute approximate surface area is 233 Å². The number of halogens is 2. The van der Waals surface area contributed by atoms with Crippen LogP contribution in [0.2, 0.25) is 0 Å². The molecule has 2 N–H and O–H groups in total. The summed E-state index contributed by atoms with van der Waals surface area (Å²) in [5, 5.41) is 5.77. The van der Waals surface area contributed by atoms with Gasteiger partial charge in [0.05, 0.1) is 17.5 Å². The van der Waals surface area contributed by atoms with Crippen molar-refractivity contribution in [2.75, 3.05) is 30.5 Å². The summed E-state index contributed by atoms with van der Waals surface area (Å²) in [6, 6.07) is 12.5. The fourth-order valence-electron chi connectivity index (χ4n) is 4.62. The normalized spacial score (nSPS) is 14.7. The second-order valence-corrected chi connectivity index (χ2v) is 9.61. The maximum absolute atomic E-state index is 15.2. The van der Waals surface area contributed by atoms with Gasteiger partial charge in [-0.3, -0.25) is 14.6 Å². The van der Waals surface area contributed by atoms with Gasteiger partial charge in [-0.25, -0.2) is 8.78 Å². The number of pyridine rings is 1. The summed E-state index contributed by atoms with van der Waals surface area (Å²) in [6.45, 7) is 2.95. The first-order chi connectivity index (χ1) is 19.9. The molecule has 6 rings (SSSR count). The highest BCUT2D eigenvalue weighted by molar-refractivity contribution is 6.16. The average Bonchev–Trinajstić information content (AvgIpc) is 3.79. The van der Waals surface area contributed by atoms with Crippen molar-refractivity contribution < 1.29 is 37.3 Å². The van der Waals surface area contributed by atoms with Crippen LogP contribution in [-0.4, -0.2) is 36.6 Å². The number of hydrogen-bond acceptors (Lipinski definition) is 7. The van der Waals surface area contributed by atoms with Gasteiger partial charge >= 0.3 is 0 Å². The molecule has 1 aliphatic carbocycles. The standard InChI is InChI=1S/C30H25F2N3O6/c1-2-38-24-16-21-25(27-26(24)39-13-14-40-27)23(9-12-33-21)41-22-8-7-19(15-20(22)32)35-29(37)30(10-11-30)28(36)34-18-5-3-17(31)4-6-18/h3-9,12,15-16H,2,10-11,13-14H2,1H3,(H,34,36)(H,35,37). The minimum absolute atomic E-state index is 0.0925. The van der Waals surface area contributed by atoms with Crippen molar-refractivity contribution in [2.45, 2.75) is 19.8 Å². The van der Waals surface area contributed by atoms with Gasteiger partial charge in [0, 0.05) is 29.7 Å². The van der Waals surface area contributed by atoms with E-state index in [4.69, 9.17) is 18.9 Å². The van der Waals surface area contributed by atoms with E-state index in [2.05, 4.69) is 15.6 Å². The van der Waals surface area contributed by atoms with Gasteiger partial charge in [0.15, 0.2) is 23.1 Å². The van der Waals surface area contributed by atoms with E-state index in [0.717, 1.165) is 6.07 Å². The zero-order valence-corrected chi connectivity index (χ0v) is 22.0. The van der Waals surface area contributed by atoms with Crippen LogP contribution in [0.15, 0.2) is 60.8 Å². The molecule has 1 saturated carbocycles. The van der Waals surface area contributed by atoms with Crippen LogP contribution in [-0.2, 0) is 9.59 Å². The van der Waals surface area contributed by atoms with E-state index in [-0.39, 0.29) is 11.4 Å². The number of amides is 2. The molecule has 41 heavy (non-hydrogen) atoms. The highest BCUT2D eigenvalue weighted by atomic mass is 19.1. The molecule has 2 aliphatic rings. The molecule has 2 heterocycles. The van der Waals surface area contributed by atoms with E-state index >= 15 is 4.39 Å². The first-order valence-corrected chi connectivity index (χ1v) is 13.1. The molecule has 11 heteroatoms. The van der Waals surface area contributed by atoms with Gasteiger partial charge in [0.1, 0.15) is 30.2 Å². The Morgan fingerprint density at radius 3 is 2.24 bits per heavy atom. The number of ether oxygens (including phenoxy) is 4. The molecular formula is C30H25F2N3O6. The summed E-state index contributed by atoms with van der Waals surface area (Å²) < 4.78 is 51.7. The Balaban J connectivity index is 1.21. The number of fused-ring (bicyclic) bond motifs is 3. The van der Waals surface area contributed by atoms with E-state index in [0.29, 0.717) is 72.3 Å². The quantitative estimate of drug-likeness (QED) is 0.261. The van der Waals surface area contributed by atoms with Crippen LogP contribution in [0.3, 0.4) is 0 Å². The second kappa shape index (κ2) is 10.6. The lowest BCUT2D eigenvalue weighted by molar-refractivity contribution is -0.131. The Morgan fingerprint density at radius 2 is 1.56 bits per heavy atom. The molecule has 0 atom stereocenters. The lowest BCUT2D eigenvalue weighted by atomic mass is 10.0. The molecule has 3 aromatic carbocycles. The summed E-state index contributed by atoms with van der Waals surface area (Å²) in [5.41, 5.74) is -0.222. The molecule has 2 amide bonds. The molecule has 1 aliphatic heterocycles. The fourth-order valence-corrected chi connectivity index (χ4v) is 4.62. The van der Waals surface area contributed by atoms with Crippen LogP contribution in [0, 0.1) is 17.0 Å². The van der Waals surface area contributed by atoms with E-state index in [1.807, 2.05) is 6.92 Å². The first-order valence-electron chi connectivity index (χ1n) is 13.1. The number of benzene rings is 3. The van der Waals surface area contributed by atoms with Crippen molar-refractivity contribution in [3.8, 4) is 28.7 Å². The van der Waals surface area contributed by atoms with Crippen molar-refractivity contribution in [3.63, 3.8) is 0 Å². The van der Waals surface area contributed by atoms with Crippen LogP contribution in [0.4, 0.5) is 20.2 Å². The largest absolute Gasteiger partial charge is 0.490 e. The molecule has 9 nitrogen and oxygen atoms in total. The van der Waals surface area contributed by atoms with Crippen molar-refractivity contribution in [2.24, 2.45) is 5.41 Å². The third kappa shape index (κ3) is 5.06. The molecule has 0 bridgehead atoms. The van der Waals surface area contributed by atoms with E-state index < -0.39 is 28.9 Å². The molecule has 0 saturated heterocycles. The smallest absolute Gasteiger partial charge is 0.240 e. The minimum Gasteiger partial charge on any atom is -0.490 e. The lowest BCUT2D eigenvalue weighted by Gasteiger charge is -2.23. The van der Waals surface area contributed by atoms with Crippen molar-refractivity contribution in [3.05, 3.63) is 72.4 Å². The predicted octanol–water partition coefficient (Wildman–Crippen LogP) is 5.83. The Hall–Kier alpha value is -4.93. The molecule has 1 fully saturated rings. The molecule has 210 valence electrons. The molecular weight excluding hydrogens is 536 g/mol. The third-order valence-corrected chi connectivity index (χ3v) is 6.87. The predicted molar refractivity (Wildman–Crippen MR) is 146 cm³/mol. The summed E-state index contributed by atoms with van der Waals surface area (Å²) in [7, 11) is 0. The SMILES string of the molecule is CCOc1cc2nccc(Oc3ccc(NC(=O)C4(C(=O)Nc5ccc(F)cc5)CC4)cc3F)c2c2c1OCCO2. The molecule has 0 radical (unpaired) electrons. The van der Waals surface area contributed by atoms with E-state index in [9.17, 15) is 14.0 Å². The first kappa shape index (κ1) is 26.3. The number of rotatable bonds is 8. The van der Waals surface area contributed by atoms with Gasteiger partial charge in [-0.15, -0.1) is 0 Å². The Morgan fingerprint density at radius 1 is 0.878 bits per heavy atom. The summed E-state index contributed by atoms with van der Waals surface area (Å²) in [5.74, 6) is -0.706. The molecule has 1 aromatic heterocycles. The van der Waals surface area contributed by atoms with Crippen LogP contribution in [0.25, 0.3) is 10.9 Å². The number of carbonyl (C=O) groups is 2. The maximum atomic E-state index is 15.2. The van der Waals surface area contributed by atoms with Crippen molar-refractivity contribution in [1.82, 2.24) is 4.98 Å². The second-order valence-electron chi connectivity index (χ2n) is 9.61. The Kier molecular flexibility index (Phi) is 6.78. The number of nitrogens with zero attached hydrogens (tertiary/aromatic N) is 1. The van der Waals surface area contributed by atoms with Gasteiger partial charge in [-0.05, 0) is 62.2 Å². The number of hydrogen-bond donors (Lipinski definition) is 2. The number of aromatic nitrogens is 1. The van der Waals surface area contributed by atoms with Gasteiger partial charge in [0.2, 0.25) is 17.6 Å². The zero-order valence-electron chi connectivity index (χ0n) is 22.0. The average molecular weight is 562 g/mol. The molecule has 4 aromatic rings. The van der Waals surface area contributed by atoms with Crippen LogP contribution >= 0.6 is 0 Å². The van der Waals surface area contributed by atoms with Crippen LogP contribution in [0.5, 0.6) is 28.7 Å². The van der Waals surface area contributed by atoms with Gasteiger partial charge in [-0.1, -0.05) is 0 Å². The highest BCUT2D eigenvalue weighted by Gasteiger charge is 2.56. The zero-order chi connectivity index (χ0) is 28.6. The van der Waals surface area contributed by atoms with E-state index in [1.54, 1.807) is 12.1 Å². The van der Waals surface area contributed by atoms with Gasteiger partial charge in [-0.2, -0.15) is 0 Å². The van der Waals surface area contributed by atoms with Gasteiger partial charge in [0.25, 0.3) is 0 Å². The minimum atomic E-state index is -1.28. The fraction of sp³-hybridized carbons (Fsp3) is 0.233. The van der Waals surface area contributed by atoms with Gasteiger partial charge < -0.3 is 29.6 Å². The molecule has 0 spiro atoms. The Bertz CT molecular complexity index is 1660. The van der Waals surface area contributed by atoms with Crippen LogP contribution < -0.4 is 29.6 Å². The van der Waals surface area contributed by atoms with Crippen molar-refractivity contribution in [1.29, 1.82) is 0 Å². The molecule has 0 unspecified atom stereocenters.